The first kappa shape index (κ1) is 11.0. The zero-order valence-corrected chi connectivity index (χ0v) is 9.79. The van der Waals surface area contributed by atoms with Gasteiger partial charge in [0.05, 0.1) is 6.07 Å². The van der Waals surface area contributed by atoms with E-state index in [1.165, 1.54) is 12.0 Å². The van der Waals surface area contributed by atoms with Crippen LogP contribution in [0.2, 0.25) is 0 Å². The van der Waals surface area contributed by atoms with Gasteiger partial charge in [0.25, 0.3) is 0 Å². The molecule has 0 radical (unpaired) electrons. The van der Waals surface area contributed by atoms with Crippen molar-refractivity contribution in [1.82, 2.24) is 0 Å². The summed E-state index contributed by atoms with van der Waals surface area (Å²) in [6.07, 6.45) is 5.52. The minimum absolute atomic E-state index is 0.327. The van der Waals surface area contributed by atoms with Gasteiger partial charge in [-0.2, -0.15) is 5.26 Å². The van der Waals surface area contributed by atoms with E-state index < -0.39 is 0 Å². The largest absolute Gasteiger partial charge is 0.367 e. The molecule has 16 heavy (non-hydrogen) atoms. The monoisotopic (exact) mass is 214 g/mol. The molecular weight excluding hydrogens is 196 g/mol. The van der Waals surface area contributed by atoms with Gasteiger partial charge in [0.15, 0.2) is 0 Å². The van der Waals surface area contributed by atoms with Gasteiger partial charge in [-0.25, -0.2) is 0 Å². The van der Waals surface area contributed by atoms with Gasteiger partial charge in [0.1, 0.15) is 5.54 Å². The van der Waals surface area contributed by atoms with Crippen LogP contribution < -0.4 is 5.32 Å². The fraction of sp³-hybridized carbons (Fsp3) is 0.500. The van der Waals surface area contributed by atoms with Crippen molar-refractivity contribution in [3.05, 3.63) is 29.8 Å². The zero-order valence-electron chi connectivity index (χ0n) is 9.79. The molecule has 2 nitrogen and oxygen atoms in total. The summed E-state index contributed by atoms with van der Waals surface area (Å²) in [4.78, 5) is 0. The Morgan fingerprint density at radius 2 is 2.00 bits per heavy atom. The van der Waals surface area contributed by atoms with Crippen LogP contribution >= 0.6 is 0 Å². The standard InChI is InChI=1S/C14H18N2/c1-12-6-5-7-13(10-12)16-14(11-15)8-3-2-4-9-14/h5-7,10,16H,2-4,8-9H2,1H3. The molecule has 0 amide bonds. The second-order valence-corrected chi connectivity index (χ2v) is 4.75. The maximum absolute atomic E-state index is 9.36. The van der Waals surface area contributed by atoms with Crippen LogP contribution in [-0.2, 0) is 0 Å². The molecule has 2 heteroatoms. The van der Waals surface area contributed by atoms with E-state index in [9.17, 15) is 5.26 Å². The number of nitrogens with one attached hydrogen (secondary N) is 1. The van der Waals surface area contributed by atoms with Crippen LogP contribution in [0.4, 0.5) is 5.69 Å². The van der Waals surface area contributed by atoms with Gasteiger partial charge in [-0.1, -0.05) is 31.4 Å². The van der Waals surface area contributed by atoms with Gasteiger partial charge in [0, 0.05) is 5.69 Å². The Hall–Kier alpha value is -1.49. The predicted octanol–water partition coefficient (Wildman–Crippen LogP) is 3.63. The van der Waals surface area contributed by atoms with Gasteiger partial charge < -0.3 is 5.32 Å². The number of anilines is 1. The first-order valence-corrected chi connectivity index (χ1v) is 6.00. The molecular formula is C14H18N2. The third-order valence-electron chi connectivity index (χ3n) is 3.32. The molecule has 2 rings (SSSR count). The predicted molar refractivity (Wildman–Crippen MR) is 66.2 cm³/mol. The Labute approximate surface area is 97.3 Å². The van der Waals surface area contributed by atoms with E-state index in [2.05, 4.69) is 30.4 Å². The highest BCUT2D eigenvalue weighted by atomic mass is 15.0. The van der Waals surface area contributed by atoms with Gasteiger partial charge >= 0.3 is 0 Å². The molecule has 0 spiro atoms. The van der Waals surface area contributed by atoms with Gasteiger partial charge in [-0.15, -0.1) is 0 Å². The van der Waals surface area contributed by atoms with Crippen LogP contribution in [0.5, 0.6) is 0 Å². The first-order chi connectivity index (χ1) is 7.74. The Kier molecular flexibility index (Phi) is 3.14. The van der Waals surface area contributed by atoms with Crippen molar-refractivity contribution < 1.29 is 0 Å². The summed E-state index contributed by atoms with van der Waals surface area (Å²) in [6.45, 7) is 2.07. The summed E-state index contributed by atoms with van der Waals surface area (Å²) in [6, 6.07) is 10.7. The van der Waals surface area contributed by atoms with Gasteiger partial charge in [-0.05, 0) is 37.5 Å². The highest BCUT2D eigenvalue weighted by molar-refractivity contribution is 5.49. The molecule has 0 unspecified atom stereocenters. The quantitative estimate of drug-likeness (QED) is 0.816. The van der Waals surface area contributed by atoms with E-state index in [1.54, 1.807) is 0 Å². The molecule has 1 aliphatic carbocycles. The third-order valence-corrected chi connectivity index (χ3v) is 3.32. The maximum Gasteiger partial charge on any atom is 0.125 e. The number of nitrogens with zero attached hydrogens (tertiary/aromatic N) is 1. The lowest BCUT2D eigenvalue weighted by atomic mass is 9.82. The van der Waals surface area contributed by atoms with Crippen molar-refractivity contribution in [1.29, 1.82) is 5.26 Å². The number of rotatable bonds is 2. The van der Waals surface area contributed by atoms with E-state index >= 15 is 0 Å². The van der Waals surface area contributed by atoms with Gasteiger partial charge in [-0.3, -0.25) is 0 Å². The van der Waals surface area contributed by atoms with Crippen molar-refractivity contribution in [2.24, 2.45) is 0 Å². The van der Waals surface area contributed by atoms with Gasteiger partial charge in [0.2, 0.25) is 0 Å². The molecule has 0 saturated heterocycles. The van der Waals surface area contributed by atoms with Crippen molar-refractivity contribution in [3.8, 4) is 6.07 Å². The van der Waals surface area contributed by atoms with Crippen molar-refractivity contribution in [3.63, 3.8) is 0 Å². The Morgan fingerprint density at radius 3 is 2.62 bits per heavy atom. The summed E-state index contributed by atoms with van der Waals surface area (Å²) in [7, 11) is 0. The van der Waals surface area contributed by atoms with Crippen LogP contribution in [0.1, 0.15) is 37.7 Å². The maximum atomic E-state index is 9.36. The van der Waals surface area contributed by atoms with Crippen molar-refractivity contribution in [2.75, 3.05) is 5.32 Å². The highest BCUT2D eigenvalue weighted by Gasteiger charge is 2.31. The fourth-order valence-corrected chi connectivity index (χ4v) is 2.42. The van der Waals surface area contributed by atoms with Crippen LogP contribution in [0.3, 0.4) is 0 Å². The van der Waals surface area contributed by atoms with Crippen LogP contribution in [0, 0.1) is 18.3 Å². The summed E-state index contributed by atoms with van der Waals surface area (Å²) >= 11 is 0. The topological polar surface area (TPSA) is 35.8 Å². The first-order valence-electron chi connectivity index (χ1n) is 6.00. The molecule has 1 aromatic rings. The number of benzene rings is 1. The lowest BCUT2D eigenvalue weighted by molar-refractivity contribution is 0.392. The minimum Gasteiger partial charge on any atom is -0.367 e. The van der Waals surface area contributed by atoms with E-state index in [1.807, 2.05) is 12.1 Å². The second-order valence-electron chi connectivity index (χ2n) is 4.75. The molecule has 1 aromatic carbocycles. The van der Waals surface area contributed by atoms with Crippen LogP contribution in [0.25, 0.3) is 0 Å². The van der Waals surface area contributed by atoms with Crippen LogP contribution in [0.15, 0.2) is 24.3 Å². The number of hydrogen-bond donors (Lipinski definition) is 1. The molecule has 1 fully saturated rings. The average Bonchev–Trinajstić information content (AvgIpc) is 2.30. The molecule has 0 bridgehead atoms. The lowest BCUT2D eigenvalue weighted by Gasteiger charge is -2.32. The molecule has 0 atom stereocenters. The lowest BCUT2D eigenvalue weighted by Crippen LogP contribution is -2.38. The molecule has 0 aliphatic heterocycles. The minimum atomic E-state index is -0.327. The Bertz CT molecular complexity index is 397. The zero-order chi connectivity index (χ0) is 11.4. The normalized spacial score (nSPS) is 18.8. The highest BCUT2D eigenvalue weighted by Crippen LogP contribution is 2.31. The van der Waals surface area contributed by atoms with E-state index in [4.69, 9.17) is 0 Å². The molecule has 1 N–H and O–H groups in total. The fourth-order valence-electron chi connectivity index (χ4n) is 2.42. The number of nitriles is 1. The van der Waals surface area contributed by atoms with Crippen LogP contribution in [-0.4, -0.2) is 5.54 Å². The Balaban J connectivity index is 2.15. The van der Waals surface area contributed by atoms with E-state index in [0.717, 1.165) is 31.4 Å². The Morgan fingerprint density at radius 1 is 1.25 bits per heavy atom. The molecule has 1 aliphatic rings. The number of hydrogen-bond acceptors (Lipinski definition) is 2. The second kappa shape index (κ2) is 4.57. The van der Waals surface area contributed by atoms with E-state index in [-0.39, 0.29) is 5.54 Å². The summed E-state index contributed by atoms with van der Waals surface area (Å²) < 4.78 is 0. The molecule has 84 valence electrons. The third kappa shape index (κ3) is 2.36. The average molecular weight is 214 g/mol. The number of aryl methyl sites for hydroxylation is 1. The molecule has 0 aromatic heterocycles. The van der Waals surface area contributed by atoms with E-state index in [0.29, 0.717) is 0 Å². The molecule has 0 heterocycles. The SMILES string of the molecule is Cc1cccc(NC2(C#N)CCCCC2)c1. The van der Waals surface area contributed by atoms with Crippen molar-refractivity contribution >= 4 is 5.69 Å². The smallest absolute Gasteiger partial charge is 0.125 e. The molecule has 1 saturated carbocycles. The van der Waals surface area contributed by atoms with Crippen molar-refractivity contribution in [2.45, 2.75) is 44.6 Å². The summed E-state index contributed by atoms with van der Waals surface area (Å²) in [5.41, 5.74) is 1.98. The summed E-state index contributed by atoms with van der Waals surface area (Å²) in [5, 5.41) is 12.8. The summed E-state index contributed by atoms with van der Waals surface area (Å²) in [5.74, 6) is 0.